The van der Waals surface area contributed by atoms with E-state index in [1.165, 1.54) is 11.6 Å². The van der Waals surface area contributed by atoms with E-state index in [9.17, 15) is 20.4 Å². The third-order valence-corrected chi connectivity index (χ3v) is 4.88. The first-order valence-corrected chi connectivity index (χ1v) is 8.75. The van der Waals surface area contributed by atoms with E-state index in [4.69, 9.17) is 0 Å². The Bertz CT molecular complexity index is 776. The fourth-order valence-corrected chi connectivity index (χ4v) is 3.30. The van der Waals surface area contributed by atoms with Crippen molar-refractivity contribution >= 4 is 0 Å². The molecule has 0 amide bonds. The Morgan fingerprint density at radius 1 is 1.00 bits per heavy atom. The molecule has 0 saturated heterocycles. The molecule has 0 aliphatic carbocycles. The van der Waals surface area contributed by atoms with Gasteiger partial charge in [0.2, 0.25) is 0 Å². The quantitative estimate of drug-likeness (QED) is 0.510. The van der Waals surface area contributed by atoms with Crippen molar-refractivity contribution in [1.29, 1.82) is 0 Å². The lowest BCUT2D eigenvalue weighted by molar-refractivity contribution is 0.159. The van der Waals surface area contributed by atoms with Gasteiger partial charge in [0.05, 0.1) is 6.10 Å². The van der Waals surface area contributed by atoms with Crippen LogP contribution in [0.25, 0.3) is 0 Å². The molecule has 0 fully saturated rings. The molecule has 2 aromatic rings. The van der Waals surface area contributed by atoms with Crippen molar-refractivity contribution in [1.82, 2.24) is 5.32 Å². The normalized spacial score (nSPS) is 13.0. The summed E-state index contributed by atoms with van der Waals surface area (Å²) in [5.41, 5.74) is 4.03. The summed E-state index contributed by atoms with van der Waals surface area (Å²) in [6, 6.07) is 6.53. The zero-order valence-corrected chi connectivity index (χ0v) is 16.1. The molecule has 2 rings (SSSR count). The third-order valence-electron chi connectivity index (χ3n) is 4.88. The minimum Gasteiger partial charge on any atom is -0.508 e. The molecule has 0 saturated carbocycles. The van der Waals surface area contributed by atoms with Crippen LogP contribution in [0.5, 0.6) is 17.2 Å². The number of phenols is 3. The summed E-state index contributed by atoms with van der Waals surface area (Å²) < 4.78 is 0. The van der Waals surface area contributed by atoms with Crippen LogP contribution in [0.15, 0.2) is 24.3 Å². The first-order valence-electron chi connectivity index (χ1n) is 8.75. The molecular weight excluding hydrogens is 330 g/mol. The van der Waals surface area contributed by atoms with Gasteiger partial charge in [-0.2, -0.15) is 0 Å². The molecule has 1 unspecified atom stereocenters. The average Bonchev–Trinajstić information content (AvgIpc) is 2.54. The van der Waals surface area contributed by atoms with Crippen molar-refractivity contribution < 1.29 is 20.4 Å². The van der Waals surface area contributed by atoms with Gasteiger partial charge >= 0.3 is 0 Å². The topological polar surface area (TPSA) is 93.0 Å². The minimum atomic E-state index is -0.803. The number of phenolic OH excluding ortho intramolecular Hbond substituents is 3. The molecule has 26 heavy (non-hydrogen) atoms. The van der Waals surface area contributed by atoms with E-state index in [-0.39, 0.29) is 22.8 Å². The summed E-state index contributed by atoms with van der Waals surface area (Å²) in [6.07, 6.45) is -0.0555. The molecule has 142 valence electrons. The van der Waals surface area contributed by atoms with Crippen molar-refractivity contribution in [2.75, 3.05) is 6.54 Å². The van der Waals surface area contributed by atoms with E-state index >= 15 is 0 Å². The van der Waals surface area contributed by atoms with Gasteiger partial charge in [-0.3, -0.25) is 0 Å². The summed E-state index contributed by atoms with van der Waals surface area (Å²) in [6.45, 7) is 10.1. The molecule has 0 aliphatic heterocycles. The molecule has 5 nitrogen and oxygen atoms in total. The van der Waals surface area contributed by atoms with Gasteiger partial charge in [0.15, 0.2) is 11.5 Å². The van der Waals surface area contributed by atoms with Gasteiger partial charge < -0.3 is 25.7 Å². The Balaban J connectivity index is 2.10. The molecular formula is C21H29NO4. The second-order valence-corrected chi connectivity index (χ2v) is 7.66. The summed E-state index contributed by atoms with van der Waals surface area (Å²) >= 11 is 0. The average molecular weight is 359 g/mol. The Hall–Kier alpha value is -2.24. The highest BCUT2D eigenvalue weighted by molar-refractivity contribution is 5.49. The molecule has 0 heterocycles. The number of β-amino-alcohol motifs (C(OH)–C–C–N with tert-alkyl or cyclic N) is 1. The van der Waals surface area contributed by atoms with Crippen LogP contribution in [-0.2, 0) is 6.42 Å². The van der Waals surface area contributed by atoms with Crippen molar-refractivity contribution in [2.45, 2.75) is 52.7 Å². The van der Waals surface area contributed by atoms with Gasteiger partial charge in [-0.15, -0.1) is 0 Å². The predicted molar refractivity (Wildman–Crippen MR) is 103 cm³/mol. The number of aryl methyl sites for hydroxylation is 2. The molecule has 0 radical (unpaired) electrons. The van der Waals surface area contributed by atoms with Gasteiger partial charge in [0.1, 0.15) is 5.75 Å². The minimum absolute atomic E-state index is 0.190. The Labute approximate surface area is 154 Å². The maximum absolute atomic E-state index is 10.5. The zero-order valence-electron chi connectivity index (χ0n) is 16.1. The Morgan fingerprint density at radius 3 is 2.15 bits per heavy atom. The van der Waals surface area contributed by atoms with E-state index < -0.39 is 6.10 Å². The predicted octanol–water partition coefficient (Wildman–Crippen LogP) is 3.37. The van der Waals surface area contributed by atoms with Crippen LogP contribution in [0, 0.1) is 20.8 Å². The first-order chi connectivity index (χ1) is 12.0. The number of rotatable bonds is 6. The van der Waals surface area contributed by atoms with Gasteiger partial charge in [0.25, 0.3) is 0 Å². The van der Waals surface area contributed by atoms with Crippen LogP contribution in [0.3, 0.4) is 0 Å². The molecule has 0 aromatic heterocycles. The second-order valence-electron chi connectivity index (χ2n) is 7.66. The number of hydrogen-bond acceptors (Lipinski definition) is 5. The summed E-state index contributed by atoms with van der Waals surface area (Å²) in [7, 11) is 0. The number of aliphatic hydroxyl groups is 1. The summed E-state index contributed by atoms with van der Waals surface area (Å²) in [5.74, 6) is -0.117. The third kappa shape index (κ3) is 4.48. The number of hydrogen-bond donors (Lipinski definition) is 5. The molecule has 0 bridgehead atoms. The number of benzene rings is 2. The van der Waals surface area contributed by atoms with Crippen LogP contribution < -0.4 is 5.32 Å². The standard InChI is InChI=1S/C21H29NO4/c1-12-8-15(23)9-13(2)17(12)10-21(4,5)22-11-19(25)16-6-7-18(24)20(26)14(16)3/h6-9,19,22-26H,10-11H2,1-5H3. The fraction of sp³-hybridized carbons (Fsp3) is 0.429. The largest absolute Gasteiger partial charge is 0.508 e. The Morgan fingerprint density at radius 2 is 1.58 bits per heavy atom. The maximum atomic E-state index is 10.5. The first kappa shape index (κ1) is 20.1. The van der Waals surface area contributed by atoms with E-state index in [1.54, 1.807) is 25.1 Å². The van der Waals surface area contributed by atoms with Crippen LogP contribution in [0.4, 0.5) is 0 Å². The van der Waals surface area contributed by atoms with Gasteiger partial charge in [-0.05, 0) is 81.5 Å². The lowest BCUT2D eigenvalue weighted by Gasteiger charge is -2.30. The fourth-order valence-electron chi connectivity index (χ4n) is 3.30. The monoisotopic (exact) mass is 359 g/mol. The molecule has 0 aliphatic rings. The highest BCUT2D eigenvalue weighted by Gasteiger charge is 2.23. The SMILES string of the molecule is Cc1cc(O)cc(C)c1CC(C)(C)NCC(O)c1ccc(O)c(O)c1C. The summed E-state index contributed by atoms with van der Waals surface area (Å²) in [5, 5.41) is 43.0. The maximum Gasteiger partial charge on any atom is 0.160 e. The number of aliphatic hydroxyl groups excluding tert-OH is 1. The molecule has 0 spiro atoms. The van der Waals surface area contributed by atoms with E-state index in [2.05, 4.69) is 19.2 Å². The van der Waals surface area contributed by atoms with Crippen LogP contribution in [0.1, 0.15) is 47.8 Å². The van der Waals surface area contributed by atoms with E-state index in [1.807, 2.05) is 13.8 Å². The molecule has 5 heteroatoms. The molecule has 1 atom stereocenters. The van der Waals surface area contributed by atoms with Crippen LogP contribution >= 0.6 is 0 Å². The highest BCUT2D eigenvalue weighted by atomic mass is 16.3. The zero-order chi connectivity index (χ0) is 19.6. The van der Waals surface area contributed by atoms with Crippen molar-refractivity contribution in [3.8, 4) is 17.2 Å². The lowest BCUT2D eigenvalue weighted by Crippen LogP contribution is -2.43. The Kier molecular flexibility index (Phi) is 5.84. The van der Waals surface area contributed by atoms with Crippen molar-refractivity contribution in [3.63, 3.8) is 0 Å². The summed E-state index contributed by atoms with van der Waals surface area (Å²) in [4.78, 5) is 0. The van der Waals surface area contributed by atoms with Crippen molar-refractivity contribution in [2.24, 2.45) is 0 Å². The van der Waals surface area contributed by atoms with E-state index in [0.29, 0.717) is 17.7 Å². The van der Waals surface area contributed by atoms with Crippen LogP contribution in [0.2, 0.25) is 0 Å². The number of nitrogens with one attached hydrogen (secondary N) is 1. The molecule has 2 aromatic carbocycles. The van der Waals surface area contributed by atoms with Gasteiger partial charge in [-0.25, -0.2) is 0 Å². The highest BCUT2D eigenvalue weighted by Crippen LogP contribution is 2.33. The second kappa shape index (κ2) is 7.56. The van der Waals surface area contributed by atoms with Crippen LogP contribution in [-0.4, -0.2) is 32.5 Å². The molecule has 5 N–H and O–H groups in total. The number of aromatic hydroxyl groups is 3. The van der Waals surface area contributed by atoms with Crippen molar-refractivity contribution in [3.05, 3.63) is 52.1 Å². The van der Waals surface area contributed by atoms with E-state index in [0.717, 1.165) is 17.5 Å². The smallest absolute Gasteiger partial charge is 0.160 e. The lowest BCUT2D eigenvalue weighted by atomic mass is 9.89. The van der Waals surface area contributed by atoms with Gasteiger partial charge in [0, 0.05) is 17.6 Å². The van der Waals surface area contributed by atoms with Gasteiger partial charge in [-0.1, -0.05) is 6.07 Å².